The van der Waals surface area contributed by atoms with Gasteiger partial charge in [0, 0.05) is 18.1 Å². The number of hydrogen-bond acceptors (Lipinski definition) is 10. The topological polar surface area (TPSA) is 160 Å². The Kier molecular flexibility index (Phi) is 5.25. The lowest BCUT2D eigenvalue weighted by atomic mass is 10.1. The second kappa shape index (κ2) is 7.80. The van der Waals surface area contributed by atoms with Gasteiger partial charge in [-0.15, -0.1) is 10.2 Å². The SMILES string of the molecule is COc1cc(N=Nc2ccc(O)cc2[N+](=O)[O-])c(-c2no[n+]([O-])c2C)cc1OC. The molecule has 3 aromatic rings. The van der Waals surface area contributed by atoms with Crippen LogP contribution in [0.2, 0.25) is 0 Å². The Morgan fingerprint density at radius 2 is 1.79 bits per heavy atom. The number of benzene rings is 2. The molecule has 0 bridgehead atoms. The average molecular weight is 401 g/mol. The Hall–Kier alpha value is -4.22. The molecular weight excluding hydrogens is 386 g/mol. The van der Waals surface area contributed by atoms with Gasteiger partial charge in [0.05, 0.1) is 30.8 Å². The summed E-state index contributed by atoms with van der Waals surface area (Å²) in [5, 5.41) is 44.0. The quantitative estimate of drug-likeness (QED) is 0.285. The Morgan fingerprint density at radius 3 is 2.38 bits per heavy atom. The fourth-order valence-electron chi connectivity index (χ4n) is 2.53. The van der Waals surface area contributed by atoms with E-state index in [4.69, 9.17) is 9.47 Å². The van der Waals surface area contributed by atoms with E-state index in [1.54, 1.807) is 0 Å². The molecule has 0 amide bonds. The van der Waals surface area contributed by atoms with Crippen LogP contribution in [0.4, 0.5) is 17.1 Å². The maximum atomic E-state index is 11.6. The van der Waals surface area contributed by atoms with E-state index in [0.29, 0.717) is 17.1 Å². The summed E-state index contributed by atoms with van der Waals surface area (Å²) in [5.74, 6) is 0.388. The third kappa shape index (κ3) is 3.76. The minimum Gasteiger partial charge on any atom is -0.508 e. The highest BCUT2D eigenvalue weighted by Crippen LogP contribution is 2.41. The summed E-state index contributed by atoms with van der Waals surface area (Å²) in [6, 6.07) is 6.48. The third-order valence-corrected chi connectivity index (χ3v) is 4.00. The van der Waals surface area contributed by atoms with Crippen molar-refractivity contribution >= 4 is 17.1 Å². The number of nitrogens with zero attached hydrogens (tertiary/aromatic N) is 5. The van der Waals surface area contributed by atoms with Crippen molar-refractivity contribution < 1.29 is 29.0 Å². The first kappa shape index (κ1) is 19.5. The average Bonchev–Trinajstić information content (AvgIpc) is 3.04. The molecule has 0 radical (unpaired) electrons. The van der Waals surface area contributed by atoms with Gasteiger partial charge in [-0.1, -0.05) is 0 Å². The van der Waals surface area contributed by atoms with Crippen molar-refractivity contribution in [2.75, 3.05) is 14.2 Å². The Balaban J connectivity index is 2.17. The van der Waals surface area contributed by atoms with E-state index in [2.05, 4.69) is 20.0 Å². The van der Waals surface area contributed by atoms with Crippen molar-refractivity contribution in [2.45, 2.75) is 6.92 Å². The molecule has 1 N–H and O–H groups in total. The second-order valence-corrected chi connectivity index (χ2v) is 5.72. The lowest BCUT2D eigenvalue weighted by Crippen LogP contribution is -2.25. The van der Waals surface area contributed by atoms with Crippen molar-refractivity contribution in [1.82, 2.24) is 5.16 Å². The van der Waals surface area contributed by atoms with E-state index in [1.165, 1.54) is 45.4 Å². The summed E-state index contributed by atoms with van der Waals surface area (Å²) in [6.45, 7) is 1.50. The molecule has 0 atom stereocenters. The molecule has 1 aromatic heterocycles. The van der Waals surface area contributed by atoms with Crippen LogP contribution in [0.1, 0.15) is 5.69 Å². The molecular formula is C17H15N5O7. The van der Waals surface area contributed by atoms with Crippen LogP contribution in [0.25, 0.3) is 11.3 Å². The van der Waals surface area contributed by atoms with Crippen LogP contribution in [0, 0.1) is 22.2 Å². The van der Waals surface area contributed by atoms with Gasteiger partial charge in [-0.3, -0.25) is 14.7 Å². The summed E-state index contributed by atoms with van der Waals surface area (Å²) in [5.41, 5.74) is 0.389. The number of ether oxygens (including phenoxy) is 2. The summed E-state index contributed by atoms with van der Waals surface area (Å²) < 4.78 is 15.1. The van der Waals surface area contributed by atoms with Crippen molar-refractivity contribution in [3.8, 4) is 28.5 Å². The number of nitro groups is 1. The zero-order chi connectivity index (χ0) is 21.1. The molecule has 0 aliphatic rings. The Bertz CT molecular complexity index is 1110. The summed E-state index contributed by atoms with van der Waals surface area (Å²) >= 11 is 0. The van der Waals surface area contributed by atoms with Crippen LogP contribution < -0.4 is 14.4 Å². The van der Waals surface area contributed by atoms with Gasteiger partial charge in [0.25, 0.3) is 11.4 Å². The molecule has 12 nitrogen and oxygen atoms in total. The number of phenols is 1. The van der Waals surface area contributed by atoms with Crippen molar-refractivity contribution in [3.63, 3.8) is 0 Å². The summed E-state index contributed by atoms with van der Waals surface area (Å²) in [6.07, 6.45) is 0. The third-order valence-electron chi connectivity index (χ3n) is 4.00. The van der Waals surface area contributed by atoms with Gasteiger partial charge in [-0.05, 0) is 23.1 Å². The zero-order valence-electron chi connectivity index (χ0n) is 15.5. The minimum absolute atomic E-state index is 0.0794. The minimum atomic E-state index is -0.689. The standard InChI is InChI=1S/C17H15N5O7/c1-9-17(20-29-22(9)26)11-7-15(27-2)16(28-3)8-13(11)19-18-12-5-4-10(23)6-14(12)21(24)25/h4-8,23H,1-3H3. The molecule has 2 aromatic carbocycles. The number of phenolic OH excluding ortho intramolecular Hbond substituents is 1. The van der Waals surface area contributed by atoms with Crippen molar-refractivity contribution in [3.05, 3.63) is 51.3 Å². The number of methoxy groups -OCH3 is 2. The molecule has 3 rings (SSSR count). The molecule has 0 spiro atoms. The molecule has 0 saturated carbocycles. The van der Waals surface area contributed by atoms with Gasteiger partial charge >= 0.3 is 0 Å². The first-order valence-corrected chi connectivity index (χ1v) is 8.07. The molecule has 0 aliphatic heterocycles. The van der Waals surface area contributed by atoms with E-state index < -0.39 is 10.6 Å². The summed E-state index contributed by atoms with van der Waals surface area (Å²) in [4.78, 5) is 10.7. The van der Waals surface area contributed by atoms with Gasteiger partial charge in [0.2, 0.25) is 5.69 Å². The van der Waals surface area contributed by atoms with Crippen LogP contribution >= 0.6 is 0 Å². The first-order chi connectivity index (χ1) is 13.8. The monoisotopic (exact) mass is 401 g/mol. The normalized spacial score (nSPS) is 11.0. The molecule has 150 valence electrons. The molecule has 0 saturated heterocycles. The molecule has 0 aliphatic carbocycles. The maximum absolute atomic E-state index is 11.6. The van der Waals surface area contributed by atoms with Crippen molar-refractivity contribution in [1.29, 1.82) is 0 Å². The molecule has 0 fully saturated rings. The first-order valence-electron chi connectivity index (χ1n) is 8.07. The maximum Gasteiger partial charge on any atom is 0.300 e. The van der Waals surface area contributed by atoms with Gasteiger partial charge in [0.1, 0.15) is 11.4 Å². The largest absolute Gasteiger partial charge is 0.508 e. The smallest absolute Gasteiger partial charge is 0.300 e. The highest BCUT2D eigenvalue weighted by atomic mass is 16.8. The van der Waals surface area contributed by atoms with E-state index in [1.807, 2.05) is 0 Å². The van der Waals surface area contributed by atoms with Crippen molar-refractivity contribution in [2.24, 2.45) is 10.2 Å². The predicted molar refractivity (Wildman–Crippen MR) is 97.7 cm³/mol. The zero-order valence-corrected chi connectivity index (χ0v) is 15.5. The van der Waals surface area contributed by atoms with Gasteiger partial charge in [-0.2, -0.15) is 0 Å². The van der Waals surface area contributed by atoms with Crippen LogP contribution in [-0.2, 0) is 0 Å². The lowest BCUT2D eigenvalue weighted by molar-refractivity contribution is -0.806. The summed E-state index contributed by atoms with van der Waals surface area (Å²) in [7, 11) is 2.86. The number of rotatable bonds is 6. The van der Waals surface area contributed by atoms with Crippen LogP contribution in [0.15, 0.2) is 45.2 Å². The second-order valence-electron chi connectivity index (χ2n) is 5.72. The van der Waals surface area contributed by atoms with E-state index >= 15 is 0 Å². The number of azo groups is 1. The predicted octanol–water partition coefficient (Wildman–Crippen LogP) is 3.33. The highest BCUT2D eigenvalue weighted by molar-refractivity contribution is 5.77. The fraction of sp³-hybridized carbons (Fsp3) is 0.176. The molecule has 0 unspecified atom stereocenters. The Morgan fingerprint density at radius 1 is 1.14 bits per heavy atom. The molecule has 1 heterocycles. The lowest BCUT2D eigenvalue weighted by Gasteiger charge is -2.10. The highest BCUT2D eigenvalue weighted by Gasteiger charge is 2.23. The van der Waals surface area contributed by atoms with E-state index in [9.17, 15) is 20.4 Å². The van der Waals surface area contributed by atoms with Crippen LogP contribution in [0.5, 0.6) is 17.2 Å². The van der Waals surface area contributed by atoms with Crippen LogP contribution in [0.3, 0.4) is 0 Å². The fourth-order valence-corrected chi connectivity index (χ4v) is 2.53. The number of aromatic nitrogens is 2. The van der Waals surface area contributed by atoms with Gasteiger partial charge < -0.3 is 19.8 Å². The molecule has 29 heavy (non-hydrogen) atoms. The van der Waals surface area contributed by atoms with Gasteiger partial charge in [-0.25, -0.2) is 0 Å². The van der Waals surface area contributed by atoms with E-state index in [0.717, 1.165) is 6.07 Å². The van der Waals surface area contributed by atoms with Gasteiger partial charge in [0.15, 0.2) is 17.2 Å². The number of hydrogen-bond donors (Lipinski definition) is 1. The Labute approximate surface area is 163 Å². The van der Waals surface area contributed by atoms with Crippen LogP contribution in [-0.4, -0.2) is 29.4 Å². The number of nitro benzene ring substituents is 1. The molecule has 12 heteroatoms. The number of aromatic hydroxyl groups is 1. The van der Waals surface area contributed by atoms with E-state index in [-0.39, 0.29) is 33.4 Å².